The van der Waals surface area contributed by atoms with Crippen LogP contribution in [0.5, 0.6) is 17.2 Å². The summed E-state index contributed by atoms with van der Waals surface area (Å²) >= 11 is 5.88. The van der Waals surface area contributed by atoms with Gasteiger partial charge in [0.15, 0.2) is 22.8 Å². The number of fused-ring (bicyclic) bond motifs is 4. The number of imidazole rings is 2. The average molecular weight is 789 g/mol. The number of alkyl halides is 6. The number of benzene rings is 4. The second-order valence-electron chi connectivity index (χ2n) is 10.5. The van der Waals surface area contributed by atoms with Crippen LogP contribution >= 0.6 is 11.6 Å². The Morgan fingerprint density at radius 1 is 0.667 bits per heavy atom. The summed E-state index contributed by atoms with van der Waals surface area (Å²) in [5.74, 6) is -0.0988. The molecule has 22 heteroatoms. The van der Waals surface area contributed by atoms with Crippen molar-refractivity contribution in [1.29, 1.82) is 0 Å². The number of rotatable bonds is 5. The maximum atomic E-state index is 12.5. The molecule has 0 atom stereocenters. The van der Waals surface area contributed by atoms with Gasteiger partial charge in [0.05, 0.1) is 39.9 Å². The third kappa shape index (κ3) is 8.21. The van der Waals surface area contributed by atoms with Crippen LogP contribution in [0.1, 0.15) is 0 Å². The van der Waals surface area contributed by atoms with E-state index in [4.69, 9.17) is 30.5 Å². The van der Waals surface area contributed by atoms with E-state index in [-0.39, 0.29) is 52.2 Å². The third-order valence-corrected chi connectivity index (χ3v) is 7.51. The molecule has 14 nitrogen and oxygen atoms in total. The molecule has 4 aromatic heterocycles. The van der Waals surface area contributed by atoms with E-state index < -0.39 is 35.6 Å². The summed E-state index contributed by atoms with van der Waals surface area (Å²) < 4.78 is 100. The minimum absolute atomic E-state index is 0. The second-order valence-corrected chi connectivity index (χ2v) is 10.9. The first-order chi connectivity index (χ1) is 25.2. The van der Waals surface area contributed by atoms with Gasteiger partial charge in [-0.2, -0.15) is 7.11 Å². The second kappa shape index (κ2) is 15.5. The van der Waals surface area contributed by atoms with Crippen LogP contribution in [0.25, 0.3) is 55.6 Å². The molecule has 0 aliphatic rings. The minimum atomic E-state index is -4.84. The van der Waals surface area contributed by atoms with Crippen LogP contribution in [0.3, 0.4) is 0 Å². The van der Waals surface area contributed by atoms with Crippen molar-refractivity contribution in [3.05, 3.63) is 98.8 Å². The van der Waals surface area contributed by atoms with Crippen molar-refractivity contribution in [3.63, 3.8) is 0 Å². The van der Waals surface area contributed by atoms with Crippen molar-refractivity contribution >= 4 is 55.6 Å². The molecule has 0 saturated carbocycles. The van der Waals surface area contributed by atoms with Crippen LogP contribution in [0, 0.1) is 0 Å². The van der Waals surface area contributed by atoms with Gasteiger partial charge in [-0.25, -0.2) is 18.7 Å². The molecule has 54 heavy (non-hydrogen) atoms. The van der Waals surface area contributed by atoms with Gasteiger partial charge < -0.3 is 38.3 Å². The van der Waals surface area contributed by atoms with Gasteiger partial charge in [0.1, 0.15) is 17.2 Å². The monoisotopic (exact) mass is 788 g/mol. The van der Waals surface area contributed by atoms with E-state index in [0.29, 0.717) is 43.7 Å². The van der Waals surface area contributed by atoms with Crippen LogP contribution in [-0.4, -0.2) is 56.4 Å². The molecule has 0 bridgehead atoms. The number of aromatic amines is 2. The molecule has 0 radical (unpaired) electrons. The molecule has 276 valence electrons. The third-order valence-electron chi connectivity index (χ3n) is 7.28. The fourth-order valence-corrected chi connectivity index (χ4v) is 5.39. The van der Waals surface area contributed by atoms with Crippen molar-refractivity contribution in [2.24, 2.45) is 0 Å². The zero-order chi connectivity index (χ0) is 38.2. The van der Waals surface area contributed by atoms with Crippen molar-refractivity contribution in [3.8, 4) is 28.9 Å². The van der Waals surface area contributed by atoms with Crippen molar-refractivity contribution in [1.82, 2.24) is 29.4 Å². The van der Waals surface area contributed by atoms with E-state index >= 15 is 0 Å². The Labute approximate surface area is 322 Å². The Hall–Kier alpha value is -5.41. The summed E-state index contributed by atoms with van der Waals surface area (Å²) in [6.07, 6.45) is -9.68. The molecule has 0 fully saturated rings. The molecular weight excluding hydrogens is 769 g/mol. The quantitative estimate of drug-likeness (QED) is 0.194. The molecule has 4 heterocycles. The molecule has 0 aliphatic heterocycles. The smallest absolute Gasteiger partial charge is 0.857 e. The number of H-pyrrole nitrogens is 2. The SMILES string of the molecule is COc1ccc2c(-n3c(=O)[nH]c4ccc(OC(F)(F)F)cc43)noc2c1.C[O-].O=c1[nH]c2ccc(OC(F)(F)F)cc2n1-c1noc2cc(Cl)ccc12.[Na+]. The van der Waals surface area contributed by atoms with Gasteiger partial charge in [0.2, 0.25) is 0 Å². The van der Waals surface area contributed by atoms with E-state index in [1.807, 2.05) is 0 Å². The van der Waals surface area contributed by atoms with Gasteiger partial charge in [-0.05, 0) is 48.5 Å². The molecule has 4 aromatic carbocycles. The van der Waals surface area contributed by atoms with E-state index in [0.717, 1.165) is 40.5 Å². The zero-order valence-electron chi connectivity index (χ0n) is 27.6. The normalized spacial score (nSPS) is 11.5. The number of nitrogens with zero attached hydrogens (tertiary/aromatic N) is 4. The number of hydrogen-bond donors (Lipinski definition) is 2. The van der Waals surface area contributed by atoms with E-state index in [2.05, 4.69) is 29.8 Å². The molecule has 0 spiro atoms. The molecule has 0 aliphatic carbocycles. The Morgan fingerprint density at radius 3 is 1.54 bits per heavy atom. The Bertz CT molecular complexity index is 2710. The van der Waals surface area contributed by atoms with Crippen LogP contribution in [-0.2, 0) is 0 Å². The number of methoxy groups -OCH3 is 1. The number of aromatic nitrogens is 6. The maximum absolute atomic E-state index is 12.5. The molecule has 0 unspecified atom stereocenters. The average Bonchev–Trinajstić information content (AvgIpc) is 3.85. The summed E-state index contributed by atoms with van der Waals surface area (Å²) in [6.45, 7) is 0. The number of halogens is 7. The van der Waals surface area contributed by atoms with Gasteiger partial charge in [-0.15, -0.1) is 26.3 Å². The first-order valence-electron chi connectivity index (χ1n) is 14.6. The topological polar surface area (TPSA) is 178 Å². The molecule has 0 saturated heterocycles. The largest absolute Gasteiger partial charge is 1.00 e. The molecule has 2 N–H and O–H groups in total. The summed E-state index contributed by atoms with van der Waals surface area (Å²) in [4.78, 5) is 29.7. The van der Waals surface area contributed by atoms with Crippen LogP contribution in [0.2, 0.25) is 5.02 Å². The fraction of sp³-hybridized carbons (Fsp3) is 0.125. The zero-order valence-corrected chi connectivity index (χ0v) is 30.4. The summed E-state index contributed by atoms with van der Waals surface area (Å²) in [5, 5.41) is 17.4. The van der Waals surface area contributed by atoms with Gasteiger partial charge in [-0.1, -0.05) is 21.9 Å². The Morgan fingerprint density at radius 2 is 1.09 bits per heavy atom. The van der Waals surface area contributed by atoms with E-state index in [9.17, 15) is 35.9 Å². The number of nitrogens with one attached hydrogen (secondary N) is 2. The summed E-state index contributed by atoms with van der Waals surface area (Å²) in [5.41, 5.74) is 0.535. The minimum Gasteiger partial charge on any atom is -0.857 e. The van der Waals surface area contributed by atoms with Crippen LogP contribution in [0.15, 0.2) is 91.4 Å². The van der Waals surface area contributed by atoms with Crippen molar-refractivity contribution in [2.45, 2.75) is 12.7 Å². The predicted octanol–water partition coefficient (Wildman–Crippen LogP) is 3.36. The van der Waals surface area contributed by atoms with Crippen molar-refractivity contribution < 1.29 is 84.3 Å². The molecule has 0 amide bonds. The molecule has 8 rings (SSSR count). The number of hydrogen-bond acceptors (Lipinski definition) is 10. The van der Waals surface area contributed by atoms with E-state index in [1.165, 1.54) is 25.3 Å². The van der Waals surface area contributed by atoms with Gasteiger partial charge >= 0.3 is 53.7 Å². The van der Waals surface area contributed by atoms with Crippen LogP contribution < -0.4 is 60.3 Å². The van der Waals surface area contributed by atoms with E-state index in [1.54, 1.807) is 30.3 Å². The molecular formula is C32H20ClF6N6NaO8. The predicted molar refractivity (Wildman–Crippen MR) is 174 cm³/mol. The van der Waals surface area contributed by atoms with Gasteiger partial charge in [-0.3, -0.25) is 0 Å². The van der Waals surface area contributed by atoms with Crippen LogP contribution in [0.4, 0.5) is 26.3 Å². The van der Waals surface area contributed by atoms with Gasteiger partial charge in [0.25, 0.3) is 0 Å². The van der Waals surface area contributed by atoms with Crippen molar-refractivity contribution in [2.75, 3.05) is 14.2 Å². The maximum Gasteiger partial charge on any atom is 1.00 e. The number of ether oxygens (including phenoxy) is 3. The Balaban J connectivity index is 0.000000195. The molecule has 8 aromatic rings. The standard InChI is InChI=1S/C16H10F3N3O4.C15H7ClF3N3O3.CH3O.Na/c1-24-8-2-4-10-13(7-8)26-21-14(10)22-12-6-9(25-16(17,18)19)3-5-11(12)20-15(22)23;16-7-1-3-9-12(5-7)25-21-13(9)22-11-6-8(24-15(17,18)19)2-4-10(11)20-14(22)23;1-2;/h2-7H,1H3,(H,20,23);1-6H,(H,20,23);1H3;/q;;-1;+1. The Kier molecular flexibility index (Phi) is 11.4. The summed E-state index contributed by atoms with van der Waals surface area (Å²) in [6, 6.07) is 16.6. The first-order valence-corrected chi connectivity index (χ1v) is 15.0. The van der Waals surface area contributed by atoms with Gasteiger partial charge in [0, 0.05) is 29.3 Å². The first kappa shape index (κ1) is 39.8. The summed E-state index contributed by atoms with van der Waals surface area (Å²) in [7, 11) is 2.24. The fourth-order valence-electron chi connectivity index (χ4n) is 5.23.